The van der Waals surface area contributed by atoms with E-state index in [0.717, 1.165) is 24.9 Å². The molecule has 2 heteroatoms. The van der Waals surface area contributed by atoms with Crippen LogP contribution in [0.5, 0.6) is 0 Å². The van der Waals surface area contributed by atoms with Crippen LogP contribution in [0.4, 0.5) is 4.39 Å². The van der Waals surface area contributed by atoms with Gasteiger partial charge in [-0.05, 0) is 49.4 Å². The molecule has 1 saturated carbocycles. The fraction of sp³-hybridized carbons (Fsp3) is 0.538. The average Bonchev–Trinajstić information content (AvgIpc) is 2.16. The molecular formula is C13H18FN. The molecule has 0 amide bonds. The van der Waals surface area contributed by atoms with Crippen LogP contribution in [-0.2, 0) is 0 Å². The normalized spacial score (nSPS) is 24.9. The van der Waals surface area contributed by atoms with Gasteiger partial charge in [-0.2, -0.15) is 0 Å². The van der Waals surface area contributed by atoms with Gasteiger partial charge in [-0.1, -0.05) is 19.1 Å². The molecule has 0 atom stereocenters. The molecule has 1 aliphatic rings. The Hall–Kier alpha value is -0.890. The van der Waals surface area contributed by atoms with Crippen molar-refractivity contribution in [1.82, 2.24) is 5.32 Å². The Morgan fingerprint density at radius 1 is 1.40 bits per heavy atom. The smallest absolute Gasteiger partial charge is 0.123 e. The van der Waals surface area contributed by atoms with Crippen LogP contribution in [0, 0.1) is 5.82 Å². The van der Waals surface area contributed by atoms with Crippen LogP contribution in [-0.4, -0.2) is 12.6 Å². The van der Waals surface area contributed by atoms with Crippen LogP contribution < -0.4 is 5.32 Å². The summed E-state index contributed by atoms with van der Waals surface area (Å²) in [7, 11) is 0. The first-order valence-corrected chi connectivity index (χ1v) is 5.78. The monoisotopic (exact) mass is 207 g/mol. The molecule has 0 bridgehead atoms. The third kappa shape index (κ3) is 2.57. The van der Waals surface area contributed by atoms with E-state index in [9.17, 15) is 4.39 Å². The molecule has 0 saturated heterocycles. The van der Waals surface area contributed by atoms with Gasteiger partial charge in [0.25, 0.3) is 0 Å². The van der Waals surface area contributed by atoms with E-state index >= 15 is 0 Å². The summed E-state index contributed by atoms with van der Waals surface area (Å²) in [4.78, 5) is 0. The van der Waals surface area contributed by atoms with Gasteiger partial charge in [0, 0.05) is 6.04 Å². The number of hydrogen-bond donors (Lipinski definition) is 1. The van der Waals surface area contributed by atoms with Gasteiger partial charge in [-0.3, -0.25) is 0 Å². The van der Waals surface area contributed by atoms with Crippen molar-refractivity contribution < 1.29 is 4.39 Å². The molecule has 1 aliphatic carbocycles. The van der Waals surface area contributed by atoms with E-state index in [1.54, 1.807) is 12.1 Å². The maximum atomic E-state index is 13.0. The lowest BCUT2D eigenvalue weighted by Crippen LogP contribution is -2.40. The van der Waals surface area contributed by atoms with E-state index < -0.39 is 0 Å². The second-order valence-corrected chi connectivity index (χ2v) is 4.37. The first kappa shape index (κ1) is 10.6. The Bertz CT molecular complexity index is 318. The average molecular weight is 207 g/mol. The van der Waals surface area contributed by atoms with Crippen molar-refractivity contribution in [3.05, 3.63) is 35.6 Å². The molecule has 0 heterocycles. The Morgan fingerprint density at radius 2 is 2.20 bits per heavy atom. The Kier molecular flexibility index (Phi) is 3.37. The van der Waals surface area contributed by atoms with Gasteiger partial charge in [0.05, 0.1) is 0 Å². The maximum absolute atomic E-state index is 13.0. The highest BCUT2D eigenvalue weighted by atomic mass is 19.1. The summed E-state index contributed by atoms with van der Waals surface area (Å²) >= 11 is 0. The summed E-state index contributed by atoms with van der Waals surface area (Å²) in [6, 6.07) is 7.66. The van der Waals surface area contributed by atoms with Crippen LogP contribution in [0.15, 0.2) is 24.3 Å². The van der Waals surface area contributed by atoms with Gasteiger partial charge in [0.15, 0.2) is 0 Å². The van der Waals surface area contributed by atoms with Gasteiger partial charge >= 0.3 is 0 Å². The van der Waals surface area contributed by atoms with Gasteiger partial charge in [-0.25, -0.2) is 4.39 Å². The van der Waals surface area contributed by atoms with E-state index in [1.165, 1.54) is 12.5 Å². The van der Waals surface area contributed by atoms with Gasteiger partial charge in [0.1, 0.15) is 5.82 Å². The highest BCUT2D eigenvalue weighted by Gasteiger charge is 2.29. The molecule has 1 fully saturated rings. The first-order valence-electron chi connectivity index (χ1n) is 5.78. The van der Waals surface area contributed by atoms with Gasteiger partial charge < -0.3 is 5.32 Å². The van der Waals surface area contributed by atoms with Crippen molar-refractivity contribution >= 4 is 0 Å². The van der Waals surface area contributed by atoms with E-state index in [1.807, 2.05) is 6.07 Å². The third-order valence-electron chi connectivity index (χ3n) is 3.14. The molecule has 0 radical (unpaired) electrons. The summed E-state index contributed by atoms with van der Waals surface area (Å²) in [6.07, 6.45) is 3.49. The van der Waals surface area contributed by atoms with Crippen molar-refractivity contribution in [2.45, 2.75) is 38.1 Å². The Morgan fingerprint density at radius 3 is 2.87 bits per heavy atom. The summed E-state index contributed by atoms with van der Waals surface area (Å²) in [5, 5.41) is 3.49. The third-order valence-corrected chi connectivity index (χ3v) is 3.14. The van der Waals surface area contributed by atoms with E-state index in [-0.39, 0.29) is 5.82 Å². The zero-order valence-corrected chi connectivity index (χ0v) is 9.17. The lowest BCUT2D eigenvalue weighted by Gasteiger charge is -2.36. The van der Waals surface area contributed by atoms with Crippen LogP contribution in [0.1, 0.15) is 37.7 Å². The van der Waals surface area contributed by atoms with E-state index in [2.05, 4.69) is 12.2 Å². The molecule has 1 aromatic carbocycles. The quantitative estimate of drug-likeness (QED) is 0.800. The van der Waals surface area contributed by atoms with Crippen molar-refractivity contribution in [3.63, 3.8) is 0 Å². The maximum Gasteiger partial charge on any atom is 0.123 e. The van der Waals surface area contributed by atoms with Gasteiger partial charge in [0.2, 0.25) is 0 Å². The highest BCUT2D eigenvalue weighted by molar-refractivity contribution is 5.23. The number of benzene rings is 1. The fourth-order valence-electron chi connectivity index (χ4n) is 2.17. The summed E-state index contributed by atoms with van der Waals surface area (Å²) in [6.45, 7) is 3.27. The molecule has 1 nitrogen and oxygen atoms in total. The number of nitrogens with one attached hydrogen (secondary N) is 1. The summed E-state index contributed by atoms with van der Waals surface area (Å²) < 4.78 is 13.0. The topological polar surface area (TPSA) is 12.0 Å². The molecule has 1 aromatic rings. The second-order valence-electron chi connectivity index (χ2n) is 4.37. The number of rotatable bonds is 4. The largest absolute Gasteiger partial charge is 0.314 e. The molecule has 2 rings (SSSR count). The molecule has 82 valence electrons. The predicted octanol–water partition coefficient (Wildman–Crippen LogP) is 3.07. The summed E-state index contributed by atoms with van der Waals surface area (Å²) in [5.41, 5.74) is 1.16. The highest BCUT2D eigenvalue weighted by Crippen LogP contribution is 2.36. The fourth-order valence-corrected chi connectivity index (χ4v) is 2.17. The molecular weight excluding hydrogens is 189 g/mol. The Labute approximate surface area is 90.7 Å². The van der Waals surface area contributed by atoms with E-state index in [0.29, 0.717) is 12.0 Å². The molecule has 0 aliphatic heterocycles. The number of halogens is 1. The second kappa shape index (κ2) is 4.75. The minimum atomic E-state index is -0.113. The van der Waals surface area contributed by atoms with Crippen LogP contribution in [0.25, 0.3) is 0 Å². The van der Waals surface area contributed by atoms with Crippen molar-refractivity contribution in [2.24, 2.45) is 0 Å². The van der Waals surface area contributed by atoms with Crippen molar-refractivity contribution in [2.75, 3.05) is 6.54 Å². The van der Waals surface area contributed by atoms with Gasteiger partial charge in [-0.15, -0.1) is 0 Å². The Balaban J connectivity index is 1.84. The predicted molar refractivity (Wildman–Crippen MR) is 60.5 cm³/mol. The van der Waals surface area contributed by atoms with Crippen LogP contribution in [0.3, 0.4) is 0 Å². The minimum absolute atomic E-state index is 0.113. The SMILES string of the molecule is CCCNC1CC(c2cccc(F)c2)C1. The van der Waals surface area contributed by atoms with Crippen molar-refractivity contribution in [1.29, 1.82) is 0 Å². The minimum Gasteiger partial charge on any atom is -0.314 e. The van der Waals surface area contributed by atoms with Crippen molar-refractivity contribution in [3.8, 4) is 0 Å². The lowest BCUT2D eigenvalue weighted by atomic mass is 9.76. The molecule has 0 unspecified atom stereocenters. The molecule has 0 spiro atoms. The molecule has 1 N–H and O–H groups in total. The molecule has 0 aromatic heterocycles. The zero-order valence-electron chi connectivity index (χ0n) is 9.17. The number of hydrogen-bond acceptors (Lipinski definition) is 1. The zero-order chi connectivity index (χ0) is 10.7. The lowest BCUT2D eigenvalue weighted by molar-refractivity contribution is 0.291. The van der Waals surface area contributed by atoms with E-state index in [4.69, 9.17) is 0 Å². The first-order chi connectivity index (χ1) is 7.29. The standard InChI is InChI=1S/C13H18FN/c1-2-6-15-13-8-11(9-13)10-4-3-5-12(14)7-10/h3-5,7,11,13,15H,2,6,8-9H2,1H3. The van der Waals surface area contributed by atoms with Crippen LogP contribution in [0.2, 0.25) is 0 Å². The van der Waals surface area contributed by atoms with Crippen LogP contribution >= 0.6 is 0 Å². The summed E-state index contributed by atoms with van der Waals surface area (Å²) in [5.74, 6) is 0.451. The molecule has 15 heavy (non-hydrogen) atoms.